The highest BCUT2D eigenvalue weighted by molar-refractivity contribution is 5.53. The largest absolute Gasteiger partial charge is 0.497 e. The second kappa shape index (κ2) is 6.74. The molecule has 0 aliphatic heterocycles. The summed E-state index contributed by atoms with van der Waals surface area (Å²) in [4.78, 5) is 0. The number of ether oxygens (including phenoxy) is 1. The topological polar surface area (TPSA) is 33.1 Å². The van der Waals surface area contributed by atoms with E-state index in [1.54, 1.807) is 7.11 Å². The van der Waals surface area contributed by atoms with Gasteiger partial charge < -0.3 is 10.1 Å². The molecule has 0 heterocycles. The third-order valence-electron chi connectivity index (χ3n) is 3.32. The lowest BCUT2D eigenvalue weighted by Gasteiger charge is -2.17. The molecule has 0 radical (unpaired) electrons. The van der Waals surface area contributed by atoms with Crippen LogP contribution in [-0.2, 0) is 0 Å². The van der Waals surface area contributed by atoms with Crippen LogP contribution in [0.4, 0.5) is 0 Å². The second-order valence-electron chi connectivity index (χ2n) is 4.52. The van der Waals surface area contributed by atoms with E-state index in [4.69, 9.17) is 10.1 Å². The van der Waals surface area contributed by atoms with E-state index in [0.29, 0.717) is 5.92 Å². The van der Waals surface area contributed by atoms with Crippen LogP contribution in [0.25, 0.3) is 0 Å². The highest BCUT2D eigenvalue weighted by Gasteiger charge is 2.13. The summed E-state index contributed by atoms with van der Waals surface area (Å²) >= 11 is 0. The molecular formula is C17H19NO. The van der Waals surface area contributed by atoms with Crippen LogP contribution in [0.5, 0.6) is 5.75 Å². The molecule has 0 fully saturated rings. The molecule has 2 nitrogen and oxygen atoms in total. The van der Waals surface area contributed by atoms with E-state index < -0.39 is 0 Å². The fraction of sp³-hybridized carbons (Fsp3) is 0.235. The zero-order valence-corrected chi connectivity index (χ0v) is 11.2. The quantitative estimate of drug-likeness (QED) is 0.767. The molecule has 0 amide bonds. The summed E-state index contributed by atoms with van der Waals surface area (Å²) in [6.07, 6.45) is 3.24. The van der Waals surface area contributed by atoms with Crippen molar-refractivity contribution in [2.75, 3.05) is 7.11 Å². The van der Waals surface area contributed by atoms with E-state index in [2.05, 4.69) is 36.4 Å². The predicted octanol–water partition coefficient (Wildman–Crippen LogP) is 4.26. The fourth-order valence-electron chi connectivity index (χ4n) is 2.30. The summed E-state index contributed by atoms with van der Waals surface area (Å²) in [5.74, 6) is 1.22. The first-order chi connectivity index (χ1) is 9.35. The van der Waals surface area contributed by atoms with E-state index in [9.17, 15) is 0 Å². The van der Waals surface area contributed by atoms with Crippen molar-refractivity contribution in [2.45, 2.75) is 18.8 Å². The monoisotopic (exact) mass is 253 g/mol. The number of benzene rings is 2. The predicted molar refractivity (Wildman–Crippen MR) is 79.3 cm³/mol. The zero-order valence-electron chi connectivity index (χ0n) is 11.2. The van der Waals surface area contributed by atoms with Crippen LogP contribution in [0.3, 0.4) is 0 Å². The number of nitrogens with one attached hydrogen (secondary N) is 1. The first-order valence-corrected chi connectivity index (χ1v) is 6.53. The van der Waals surface area contributed by atoms with Crippen LogP contribution < -0.4 is 4.74 Å². The Balaban J connectivity index is 2.28. The Morgan fingerprint density at radius 2 is 1.63 bits per heavy atom. The summed E-state index contributed by atoms with van der Waals surface area (Å²) in [5, 5.41) is 7.24. The van der Waals surface area contributed by atoms with Gasteiger partial charge in [0, 0.05) is 5.92 Å². The Kier molecular flexibility index (Phi) is 4.73. The average molecular weight is 253 g/mol. The summed E-state index contributed by atoms with van der Waals surface area (Å²) < 4.78 is 5.20. The van der Waals surface area contributed by atoms with Gasteiger partial charge in [0.25, 0.3) is 0 Å². The maximum Gasteiger partial charge on any atom is 0.118 e. The van der Waals surface area contributed by atoms with Crippen LogP contribution in [0, 0.1) is 5.41 Å². The molecule has 2 heteroatoms. The van der Waals surface area contributed by atoms with Gasteiger partial charge in [-0.1, -0.05) is 42.5 Å². The SMILES string of the molecule is COc1ccc(C(CCC=N)c2ccccc2)cc1. The molecule has 0 saturated heterocycles. The van der Waals surface area contributed by atoms with Crippen molar-refractivity contribution in [1.82, 2.24) is 0 Å². The first kappa shape index (κ1) is 13.3. The Labute approximate surface area is 114 Å². The minimum Gasteiger partial charge on any atom is -0.497 e. The maximum atomic E-state index is 7.24. The summed E-state index contributed by atoms with van der Waals surface area (Å²) in [6.45, 7) is 0. The number of hydrogen-bond donors (Lipinski definition) is 1. The van der Waals surface area contributed by atoms with Crippen LogP contribution in [-0.4, -0.2) is 13.3 Å². The zero-order chi connectivity index (χ0) is 13.5. The second-order valence-corrected chi connectivity index (χ2v) is 4.52. The molecule has 2 rings (SSSR count). The molecule has 1 N–H and O–H groups in total. The van der Waals surface area contributed by atoms with Crippen molar-refractivity contribution >= 4 is 6.21 Å². The lowest BCUT2D eigenvalue weighted by molar-refractivity contribution is 0.414. The minimum atomic E-state index is 0.341. The molecule has 2 aromatic carbocycles. The maximum absolute atomic E-state index is 7.24. The number of methoxy groups -OCH3 is 1. The Morgan fingerprint density at radius 3 is 2.21 bits per heavy atom. The molecular weight excluding hydrogens is 234 g/mol. The van der Waals surface area contributed by atoms with Crippen LogP contribution in [0.1, 0.15) is 29.9 Å². The van der Waals surface area contributed by atoms with Gasteiger partial charge in [0.2, 0.25) is 0 Å². The van der Waals surface area contributed by atoms with Gasteiger partial charge in [0.1, 0.15) is 5.75 Å². The molecule has 0 aliphatic rings. The Morgan fingerprint density at radius 1 is 1.00 bits per heavy atom. The van der Waals surface area contributed by atoms with Gasteiger partial charge in [-0.25, -0.2) is 0 Å². The van der Waals surface area contributed by atoms with Crippen LogP contribution >= 0.6 is 0 Å². The standard InChI is InChI=1S/C17H19NO/c1-19-16-11-9-15(10-12-16)17(8-5-13-18)14-6-3-2-4-7-14/h2-4,6-7,9-13,17-18H,5,8H2,1H3. The lowest BCUT2D eigenvalue weighted by Crippen LogP contribution is -2.01. The van der Waals surface area contributed by atoms with Gasteiger partial charge in [-0.3, -0.25) is 0 Å². The van der Waals surface area contributed by atoms with Gasteiger partial charge in [-0.05, 0) is 42.3 Å². The normalized spacial score (nSPS) is 11.8. The molecule has 1 unspecified atom stereocenters. The van der Waals surface area contributed by atoms with Gasteiger partial charge in [0.15, 0.2) is 0 Å². The molecule has 98 valence electrons. The third-order valence-corrected chi connectivity index (χ3v) is 3.32. The van der Waals surface area contributed by atoms with E-state index in [0.717, 1.165) is 18.6 Å². The van der Waals surface area contributed by atoms with E-state index in [1.807, 2.05) is 18.2 Å². The van der Waals surface area contributed by atoms with E-state index in [1.165, 1.54) is 17.3 Å². The molecule has 0 aromatic heterocycles. The summed E-state index contributed by atoms with van der Waals surface area (Å²) in [6, 6.07) is 18.7. The number of rotatable bonds is 6. The average Bonchev–Trinajstić information content (AvgIpc) is 2.49. The van der Waals surface area contributed by atoms with Crippen LogP contribution in [0.2, 0.25) is 0 Å². The smallest absolute Gasteiger partial charge is 0.118 e. The van der Waals surface area contributed by atoms with Gasteiger partial charge >= 0.3 is 0 Å². The first-order valence-electron chi connectivity index (χ1n) is 6.53. The molecule has 0 saturated carbocycles. The van der Waals surface area contributed by atoms with Gasteiger partial charge in [-0.15, -0.1) is 0 Å². The summed E-state index contributed by atoms with van der Waals surface area (Å²) in [7, 11) is 1.68. The fourth-order valence-corrected chi connectivity index (χ4v) is 2.30. The molecule has 2 aromatic rings. The lowest BCUT2D eigenvalue weighted by atomic mass is 9.87. The van der Waals surface area contributed by atoms with Crippen molar-refractivity contribution < 1.29 is 4.74 Å². The third kappa shape index (κ3) is 3.44. The van der Waals surface area contributed by atoms with Gasteiger partial charge in [-0.2, -0.15) is 0 Å². The number of hydrogen-bond acceptors (Lipinski definition) is 2. The van der Waals surface area contributed by atoms with Crippen LogP contribution in [0.15, 0.2) is 54.6 Å². The minimum absolute atomic E-state index is 0.341. The summed E-state index contributed by atoms with van der Waals surface area (Å²) in [5.41, 5.74) is 2.57. The van der Waals surface area contributed by atoms with Crippen molar-refractivity contribution in [3.05, 3.63) is 65.7 Å². The Hall–Kier alpha value is -2.09. The molecule has 0 aliphatic carbocycles. The molecule has 19 heavy (non-hydrogen) atoms. The van der Waals surface area contributed by atoms with Crippen molar-refractivity contribution in [3.8, 4) is 5.75 Å². The molecule has 1 atom stereocenters. The van der Waals surface area contributed by atoms with Crippen molar-refractivity contribution in [1.29, 1.82) is 5.41 Å². The van der Waals surface area contributed by atoms with Crippen molar-refractivity contribution in [3.63, 3.8) is 0 Å². The highest BCUT2D eigenvalue weighted by atomic mass is 16.5. The van der Waals surface area contributed by atoms with Crippen molar-refractivity contribution in [2.24, 2.45) is 0 Å². The highest BCUT2D eigenvalue weighted by Crippen LogP contribution is 2.29. The van der Waals surface area contributed by atoms with Gasteiger partial charge in [0.05, 0.1) is 7.11 Å². The Bertz CT molecular complexity index is 505. The van der Waals surface area contributed by atoms with E-state index in [-0.39, 0.29) is 0 Å². The van der Waals surface area contributed by atoms with E-state index >= 15 is 0 Å². The molecule has 0 spiro atoms. The molecule has 0 bridgehead atoms.